The largest absolute Gasteiger partial charge is 0.508 e. The van der Waals surface area contributed by atoms with Gasteiger partial charge in [0.25, 0.3) is 5.91 Å². The first kappa shape index (κ1) is 19.3. The molecule has 1 amide bonds. The second kappa shape index (κ2) is 8.46. The maximum absolute atomic E-state index is 12.7. The lowest BCUT2D eigenvalue weighted by Gasteiger charge is -2.08. The second-order valence-electron chi connectivity index (χ2n) is 6.08. The van der Waals surface area contributed by atoms with Gasteiger partial charge in [-0.05, 0) is 49.6 Å². The van der Waals surface area contributed by atoms with Crippen LogP contribution in [0.5, 0.6) is 5.75 Å². The van der Waals surface area contributed by atoms with E-state index in [0.29, 0.717) is 39.2 Å². The standard InChI is InChI=1S/C20H18Cl2N2O3/c1-12-17(19(24-27-12)18-15(21)5-2-6-16(18)22)20(26)23-11-3-4-13-7-9-14(25)10-8-13/h2,5-10,25H,3-4,11H2,1H3,(H,23,26). The average molecular weight is 405 g/mol. The molecule has 3 aromatic rings. The molecular formula is C20H18Cl2N2O3. The molecule has 140 valence electrons. The van der Waals surface area contributed by atoms with Crippen molar-refractivity contribution in [3.05, 3.63) is 69.4 Å². The molecular weight excluding hydrogens is 387 g/mol. The van der Waals surface area contributed by atoms with Gasteiger partial charge in [0, 0.05) is 12.1 Å². The number of amides is 1. The molecule has 27 heavy (non-hydrogen) atoms. The van der Waals surface area contributed by atoms with Crippen molar-refractivity contribution >= 4 is 29.1 Å². The highest BCUT2D eigenvalue weighted by Crippen LogP contribution is 2.36. The summed E-state index contributed by atoms with van der Waals surface area (Å²) < 4.78 is 5.22. The highest BCUT2D eigenvalue weighted by atomic mass is 35.5. The van der Waals surface area contributed by atoms with Gasteiger partial charge >= 0.3 is 0 Å². The van der Waals surface area contributed by atoms with Crippen LogP contribution in [0.4, 0.5) is 0 Å². The Balaban J connectivity index is 1.68. The predicted molar refractivity (Wildman–Crippen MR) is 105 cm³/mol. The van der Waals surface area contributed by atoms with Gasteiger partial charge in [-0.1, -0.05) is 46.6 Å². The summed E-state index contributed by atoms with van der Waals surface area (Å²) in [5, 5.41) is 17.0. The molecule has 2 aromatic carbocycles. The number of nitrogens with zero attached hydrogens (tertiary/aromatic N) is 1. The summed E-state index contributed by atoms with van der Waals surface area (Å²) in [5.41, 5.74) is 2.23. The summed E-state index contributed by atoms with van der Waals surface area (Å²) >= 11 is 12.5. The fraction of sp³-hybridized carbons (Fsp3) is 0.200. The Kier molecular flexibility index (Phi) is 6.04. The molecule has 0 spiro atoms. The van der Waals surface area contributed by atoms with Gasteiger partial charge in [-0.25, -0.2) is 0 Å². The molecule has 0 saturated heterocycles. The number of phenolic OH excluding ortho intramolecular Hbond substituents is 1. The van der Waals surface area contributed by atoms with E-state index in [0.717, 1.165) is 18.4 Å². The molecule has 0 aliphatic heterocycles. The molecule has 0 radical (unpaired) electrons. The smallest absolute Gasteiger partial charge is 0.257 e. The lowest BCUT2D eigenvalue weighted by atomic mass is 10.1. The van der Waals surface area contributed by atoms with Crippen molar-refractivity contribution < 1.29 is 14.4 Å². The number of carbonyl (C=O) groups is 1. The van der Waals surface area contributed by atoms with Gasteiger partial charge in [-0.15, -0.1) is 0 Å². The molecule has 0 saturated carbocycles. The fourth-order valence-electron chi connectivity index (χ4n) is 2.78. The van der Waals surface area contributed by atoms with Crippen LogP contribution in [0.25, 0.3) is 11.3 Å². The molecule has 2 N–H and O–H groups in total. The predicted octanol–water partition coefficient (Wildman–Crippen LogP) is 5.03. The minimum Gasteiger partial charge on any atom is -0.508 e. The van der Waals surface area contributed by atoms with Crippen molar-refractivity contribution in [2.75, 3.05) is 6.54 Å². The van der Waals surface area contributed by atoms with Crippen LogP contribution < -0.4 is 5.32 Å². The number of nitrogens with one attached hydrogen (secondary N) is 1. The van der Waals surface area contributed by atoms with E-state index in [1.54, 1.807) is 37.3 Å². The van der Waals surface area contributed by atoms with Crippen LogP contribution in [-0.2, 0) is 6.42 Å². The number of aromatic nitrogens is 1. The van der Waals surface area contributed by atoms with E-state index < -0.39 is 0 Å². The number of hydrogen-bond acceptors (Lipinski definition) is 4. The fourth-order valence-corrected chi connectivity index (χ4v) is 3.36. The number of aromatic hydroxyl groups is 1. The molecule has 3 rings (SSSR count). The monoisotopic (exact) mass is 404 g/mol. The van der Waals surface area contributed by atoms with Gasteiger partial charge in [0.15, 0.2) is 0 Å². The van der Waals surface area contributed by atoms with Gasteiger partial charge < -0.3 is 14.9 Å². The zero-order valence-electron chi connectivity index (χ0n) is 14.6. The first-order valence-electron chi connectivity index (χ1n) is 8.44. The number of benzene rings is 2. The van der Waals surface area contributed by atoms with E-state index in [4.69, 9.17) is 27.7 Å². The van der Waals surface area contributed by atoms with Crippen LogP contribution in [0.1, 0.15) is 28.1 Å². The van der Waals surface area contributed by atoms with Crippen LogP contribution in [0.2, 0.25) is 10.0 Å². The van der Waals surface area contributed by atoms with Crippen LogP contribution in [0.3, 0.4) is 0 Å². The summed E-state index contributed by atoms with van der Waals surface area (Å²) in [6.45, 7) is 2.16. The maximum Gasteiger partial charge on any atom is 0.257 e. The van der Waals surface area contributed by atoms with Crippen LogP contribution >= 0.6 is 23.2 Å². The Bertz CT molecular complexity index is 932. The van der Waals surface area contributed by atoms with Crippen LogP contribution in [0.15, 0.2) is 47.0 Å². The highest BCUT2D eigenvalue weighted by molar-refractivity contribution is 6.39. The van der Waals surface area contributed by atoms with Crippen LogP contribution in [-0.4, -0.2) is 22.7 Å². The highest BCUT2D eigenvalue weighted by Gasteiger charge is 2.24. The molecule has 0 aliphatic carbocycles. The lowest BCUT2D eigenvalue weighted by molar-refractivity contribution is 0.0952. The minimum absolute atomic E-state index is 0.237. The van der Waals surface area contributed by atoms with Crippen LogP contribution in [0, 0.1) is 6.92 Å². The van der Waals surface area contributed by atoms with Crippen molar-refractivity contribution in [3.63, 3.8) is 0 Å². The Morgan fingerprint density at radius 1 is 1.15 bits per heavy atom. The summed E-state index contributed by atoms with van der Waals surface area (Å²) in [7, 11) is 0. The molecule has 0 fully saturated rings. The minimum atomic E-state index is -0.287. The number of rotatable bonds is 6. The van der Waals surface area contributed by atoms with Crippen molar-refractivity contribution in [2.24, 2.45) is 0 Å². The summed E-state index contributed by atoms with van der Waals surface area (Å²) in [6.07, 6.45) is 1.54. The molecule has 0 bridgehead atoms. The molecule has 7 heteroatoms. The normalized spacial score (nSPS) is 10.8. The first-order chi connectivity index (χ1) is 13.0. The number of hydrogen-bond donors (Lipinski definition) is 2. The summed E-state index contributed by atoms with van der Waals surface area (Å²) in [5.74, 6) is 0.350. The van der Waals surface area contributed by atoms with Gasteiger partial charge in [-0.3, -0.25) is 4.79 Å². The van der Waals surface area contributed by atoms with E-state index in [1.165, 1.54) is 0 Å². The third-order valence-corrected chi connectivity index (χ3v) is 4.78. The van der Waals surface area contributed by atoms with Crippen molar-refractivity contribution in [1.29, 1.82) is 0 Å². The molecule has 0 unspecified atom stereocenters. The average Bonchev–Trinajstić information content (AvgIpc) is 3.01. The third-order valence-electron chi connectivity index (χ3n) is 4.15. The van der Waals surface area contributed by atoms with Crippen molar-refractivity contribution in [1.82, 2.24) is 10.5 Å². The number of phenols is 1. The topological polar surface area (TPSA) is 75.4 Å². The Hall–Kier alpha value is -2.50. The third kappa shape index (κ3) is 4.43. The Morgan fingerprint density at radius 3 is 2.48 bits per heavy atom. The van der Waals surface area contributed by atoms with Gasteiger partial charge in [0.1, 0.15) is 22.8 Å². The van der Waals surface area contributed by atoms with E-state index in [1.807, 2.05) is 12.1 Å². The second-order valence-corrected chi connectivity index (χ2v) is 6.90. The lowest BCUT2D eigenvalue weighted by Crippen LogP contribution is -2.25. The number of carbonyl (C=O) groups excluding carboxylic acids is 1. The van der Waals surface area contributed by atoms with Crippen molar-refractivity contribution in [3.8, 4) is 17.0 Å². The van der Waals surface area contributed by atoms with E-state index in [9.17, 15) is 9.90 Å². The van der Waals surface area contributed by atoms with E-state index >= 15 is 0 Å². The first-order valence-corrected chi connectivity index (χ1v) is 9.19. The Morgan fingerprint density at radius 2 is 1.81 bits per heavy atom. The molecule has 1 heterocycles. The number of halogens is 2. The van der Waals surface area contributed by atoms with Gasteiger partial charge in [-0.2, -0.15) is 0 Å². The molecule has 5 nitrogen and oxygen atoms in total. The van der Waals surface area contributed by atoms with Gasteiger partial charge in [0.2, 0.25) is 0 Å². The van der Waals surface area contributed by atoms with E-state index in [2.05, 4.69) is 10.5 Å². The maximum atomic E-state index is 12.7. The summed E-state index contributed by atoms with van der Waals surface area (Å²) in [4.78, 5) is 12.7. The summed E-state index contributed by atoms with van der Waals surface area (Å²) in [6, 6.07) is 12.1. The molecule has 0 atom stereocenters. The van der Waals surface area contributed by atoms with Crippen molar-refractivity contribution in [2.45, 2.75) is 19.8 Å². The molecule has 1 aromatic heterocycles. The zero-order valence-corrected chi connectivity index (χ0v) is 16.1. The number of aryl methyl sites for hydroxylation is 2. The quantitative estimate of drug-likeness (QED) is 0.565. The zero-order chi connectivity index (χ0) is 19.4. The molecule has 0 aliphatic rings. The Labute approximate surface area is 166 Å². The van der Waals surface area contributed by atoms with Gasteiger partial charge in [0.05, 0.1) is 10.0 Å². The van der Waals surface area contributed by atoms with E-state index in [-0.39, 0.29) is 11.7 Å². The SMILES string of the molecule is Cc1onc(-c2c(Cl)cccc2Cl)c1C(=O)NCCCc1ccc(O)cc1.